The van der Waals surface area contributed by atoms with Gasteiger partial charge in [0.25, 0.3) is 5.91 Å². The van der Waals surface area contributed by atoms with E-state index in [2.05, 4.69) is 28.4 Å². The lowest BCUT2D eigenvalue weighted by molar-refractivity contribution is 0.100. The number of hydrogen-bond donors (Lipinski definition) is 0. The second kappa shape index (κ2) is 8.17. The number of allylic oxidation sites excluding steroid dienone is 3. The van der Waals surface area contributed by atoms with E-state index in [1.807, 2.05) is 24.3 Å². The van der Waals surface area contributed by atoms with Gasteiger partial charge in [-0.15, -0.1) is 11.3 Å². The summed E-state index contributed by atoms with van der Waals surface area (Å²) in [6.07, 6.45) is 8.50. The first-order chi connectivity index (χ1) is 14.7. The van der Waals surface area contributed by atoms with Crippen molar-refractivity contribution in [2.24, 2.45) is 10.9 Å². The van der Waals surface area contributed by atoms with Gasteiger partial charge in [0, 0.05) is 35.3 Å². The molecule has 3 heterocycles. The zero-order chi connectivity index (χ0) is 20.5. The van der Waals surface area contributed by atoms with Crippen molar-refractivity contribution in [1.82, 2.24) is 9.88 Å². The van der Waals surface area contributed by atoms with Crippen molar-refractivity contribution in [3.8, 4) is 0 Å². The molecule has 30 heavy (non-hydrogen) atoms. The van der Waals surface area contributed by atoms with E-state index >= 15 is 0 Å². The first kappa shape index (κ1) is 19.2. The van der Waals surface area contributed by atoms with Gasteiger partial charge in [-0.05, 0) is 63.7 Å². The first-order valence-corrected chi connectivity index (χ1v) is 11.2. The third-order valence-corrected chi connectivity index (χ3v) is 7.16. The van der Waals surface area contributed by atoms with Crippen molar-refractivity contribution in [2.75, 3.05) is 26.7 Å². The van der Waals surface area contributed by atoms with Crippen molar-refractivity contribution >= 4 is 33.7 Å². The van der Waals surface area contributed by atoms with Crippen molar-refractivity contribution < 1.29 is 9.53 Å². The molecule has 0 spiro atoms. The van der Waals surface area contributed by atoms with Crippen LogP contribution < -0.4 is 0 Å². The number of benzene rings is 1. The number of aromatic nitrogens is 1. The molecular formula is C24H23N3O2S. The number of likely N-dealkylation sites (tertiary alicyclic amines) is 1. The van der Waals surface area contributed by atoms with Crippen LogP contribution in [0.1, 0.15) is 40.5 Å². The maximum Gasteiger partial charge on any atom is 0.276 e. The molecule has 1 aromatic heterocycles. The SMILES string of the molecule is CN1CCC(c2nc3ccc(C(=O)N=CC4CCOC5=C4C=C=C=C5)cc3s2)CC1. The molecule has 1 aromatic carbocycles. The lowest BCUT2D eigenvalue weighted by Gasteiger charge is -2.27. The van der Waals surface area contributed by atoms with E-state index in [0.29, 0.717) is 18.1 Å². The number of thiazole rings is 1. The Morgan fingerprint density at radius 3 is 2.97 bits per heavy atom. The monoisotopic (exact) mass is 417 g/mol. The minimum Gasteiger partial charge on any atom is -0.493 e. The molecule has 5 rings (SSSR count). The first-order valence-electron chi connectivity index (χ1n) is 10.4. The number of aliphatic imine (C=N–C) groups is 1. The molecule has 5 nitrogen and oxygen atoms in total. The Morgan fingerprint density at radius 2 is 2.10 bits per heavy atom. The summed E-state index contributed by atoms with van der Waals surface area (Å²) in [7, 11) is 2.17. The molecule has 152 valence electrons. The second-order valence-electron chi connectivity index (χ2n) is 8.04. The lowest BCUT2D eigenvalue weighted by Crippen LogP contribution is -2.29. The highest BCUT2D eigenvalue weighted by Crippen LogP contribution is 2.34. The number of piperidine rings is 1. The number of nitrogens with zero attached hydrogens (tertiary/aromatic N) is 3. The minimum atomic E-state index is -0.217. The van der Waals surface area contributed by atoms with Gasteiger partial charge >= 0.3 is 0 Å². The van der Waals surface area contributed by atoms with Crippen LogP contribution in [0.5, 0.6) is 0 Å². The van der Waals surface area contributed by atoms with Crippen LogP contribution in [0.3, 0.4) is 0 Å². The lowest BCUT2D eigenvalue weighted by atomic mass is 9.92. The average molecular weight is 418 g/mol. The van der Waals surface area contributed by atoms with Crippen LogP contribution in [-0.2, 0) is 4.74 Å². The predicted molar refractivity (Wildman–Crippen MR) is 119 cm³/mol. The normalized spacial score (nSPS) is 22.1. The minimum absolute atomic E-state index is 0.0618. The third kappa shape index (κ3) is 3.83. The summed E-state index contributed by atoms with van der Waals surface area (Å²) < 4.78 is 6.71. The van der Waals surface area contributed by atoms with Crippen LogP contribution in [0, 0.1) is 5.92 Å². The molecule has 1 fully saturated rings. The van der Waals surface area contributed by atoms with Crippen LogP contribution in [0.2, 0.25) is 0 Å². The van der Waals surface area contributed by atoms with Gasteiger partial charge < -0.3 is 9.64 Å². The summed E-state index contributed by atoms with van der Waals surface area (Å²) in [6.45, 7) is 2.84. The van der Waals surface area contributed by atoms with E-state index in [9.17, 15) is 4.79 Å². The van der Waals surface area contributed by atoms with Gasteiger partial charge in [-0.2, -0.15) is 0 Å². The molecule has 1 atom stereocenters. The molecule has 6 heteroatoms. The molecule has 0 saturated carbocycles. The number of ether oxygens (including phenoxy) is 1. The molecule has 1 unspecified atom stereocenters. The fraction of sp³-hybridized carbons (Fsp3) is 0.375. The van der Waals surface area contributed by atoms with E-state index in [0.717, 1.165) is 53.9 Å². The summed E-state index contributed by atoms with van der Waals surface area (Å²) in [5.74, 6) is 1.17. The molecule has 1 amide bonds. The molecule has 2 aromatic rings. The topological polar surface area (TPSA) is 54.8 Å². The number of amides is 1. The largest absolute Gasteiger partial charge is 0.493 e. The third-order valence-electron chi connectivity index (χ3n) is 5.98. The van der Waals surface area contributed by atoms with Crippen molar-refractivity contribution in [3.05, 3.63) is 63.7 Å². The Balaban J connectivity index is 1.33. The smallest absolute Gasteiger partial charge is 0.276 e. The summed E-state index contributed by atoms with van der Waals surface area (Å²) in [5.41, 5.74) is 8.46. The van der Waals surface area contributed by atoms with Crippen LogP contribution in [0.4, 0.5) is 0 Å². The molecular weight excluding hydrogens is 394 g/mol. The molecule has 2 aliphatic heterocycles. The van der Waals surface area contributed by atoms with E-state index < -0.39 is 0 Å². The maximum atomic E-state index is 12.7. The average Bonchev–Trinajstić information content (AvgIpc) is 3.21. The highest BCUT2D eigenvalue weighted by molar-refractivity contribution is 7.18. The predicted octanol–water partition coefficient (Wildman–Crippen LogP) is 4.49. The fourth-order valence-electron chi connectivity index (χ4n) is 4.14. The van der Waals surface area contributed by atoms with Gasteiger partial charge in [0.15, 0.2) is 0 Å². The highest BCUT2D eigenvalue weighted by Gasteiger charge is 2.23. The zero-order valence-corrected chi connectivity index (χ0v) is 17.7. The number of fused-ring (bicyclic) bond motifs is 1. The van der Waals surface area contributed by atoms with E-state index in [1.54, 1.807) is 23.6 Å². The quantitative estimate of drug-likeness (QED) is 0.546. The molecule has 1 saturated heterocycles. The van der Waals surface area contributed by atoms with Gasteiger partial charge in [0.05, 0.1) is 21.8 Å². The highest BCUT2D eigenvalue weighted by atomic mass is 32.1. The standard InChI is InChI=1S/C24H23N3O2S/c1-27-11-8-16(9-12-27)24-26-20-7-6-17(14-22(20)30-24)23(28)25-15-18-10-13-29-21-5-3-2-4-19(18)21/h4-7,14-16,18H,8-13H2,1H3. The van der Waals surface area contributed by atoms with E-state index in [-0.39, 0.29) is 11.8 Å². The van der Waals surface area contributed by atoms with Gasteiger partial charge in [-0.25, -0.2) is 9.98 Å². The van der Waals surface area contributed by atoms with Gasteiger partial charge in [0.2, 0.25) is 0 Å². The van der Waals surface area contributed by atoms with Crippen LogP contribution >= 0.6 is 11.3 Å². The number of carbonyl (C=O) groups excluding carboxylic acids is 1. The Kier molecular flexibility index (Phi) is 5.24. The van der Waals surface area contributed by atoms with Crippen molar-refractivity contribution in [1.29, 1.82) is 0 Å². The Morgan fingerprint density at radius 1 is 1.27 bits per heavy atom. The Bertz CT molecular complexity index is 1150. The van der Waals surface area contributed by atoms with Crippen molar-refractivity contribution in [3.63, 3.8) is 0 Å². The number of carbonyl (C=O) groups is 1. The summed E-state index contributed by atoms with van der Waals surface area (Å²) in [6, 6.07) is 5.72. The maximum absolute atomic E-state index is 12.7. The summed E-state index contributed by atoms with van der Waals surface area (Å²) in [5, 5.41) is 1.19. The van der Waals surface area contributed by atoms with Crippen LogP contribution in [-0.4, -0.2) is 48.7 Å². The van der Waals surface area contributed by atoms with Gasteiger partial charge in [-0.3, -0.25) is 4.79 Å². The number of hydrogen-bond acceptors (Lipinski definition) is 5. The second-order valence-corrected chi connectivity index (χ2v) is 9.10. The fourth-order valence-corrected chi connectivity index (χ4v) is 5.32. The van der Waals surface area contributed by atoms with Gasteiger partial charge in [-0.1, -0.05) is 11.5 Å². The van der Waals surface area contributed by atoms with Crippen molar-refractivity contribution in [2.45, 2.75) is 25.2 Å². The zero-order valence-electron chi connectivity index (χ0n) is 16.9. The van der Waals surface area contributed by atoms with Crippen LogP contribution in [0.15, 0.2) is 58.1 Å². The Hall–Kier alpha value is -2.75. The Labute approximate surface area is 179 Å². The molecule has 3 aliphatic rings. The van der Waals surface area contributed by atoms with Crippen LogP contribution in [0.25, 0.3) is 10.2 Å². The van der Waals surface area contributed by atoms with Gasteiger partial charge in [0.1, 0.15) is 5.76 Å². The summed E-state index contributed by atoms with van der Waals surface area (Å²) in [4.78, 5) is 24.2. The molecule has 1 aliphatic carbocycles. The molecule has 0 bridgehead atoms. The number of rotatable bonds is 3. The van der Waals surface area contributed by atoms with E-state index in [1.165, 1.54) is 5.01 Å². The van der Waals surface area contributed by atoms with E-state index in [4.69, 9.17) is 9.72 Å². The summed E-state index contributed by atoms with van der Waals surface area (Å²) >= 11 is 1.72. The molecule has 0 N–H and O–H groups in total. The molecule has 0 radical (unpaired) electrons.